The quantitative estimate of drug-likeness (QED) is 0.0901. The van der Waals surface area contributed by atoms with E-state index >= 15 is 0 Å². The van der Waals surface area contributed by atoms with E-state index in [1.807, 2.05) is 0 Å². The Bertz CT molecular complexity index is 1410. The summed E-state index contributed by atoms with van der Waals surface area (Å²) in [7, 11) is -16.9. The van der Waals surface area contributed by atoms with Crippen molar-refractivity contribution in [3.8, 4) is 12.3 Å². The lowest BCUT2D eigenvalue weighted by Crippen LogP contribution is -2.41. The maximum absolute atomic E-state index is 12.3. The van der Waals surface area contributed by atoms with Crippen LogP contribution in [0.2, 0.25) is 0 Å². The Morgan fingerprint density at radius 3 is 2.56 bits per heavy atom. The fraction of sp³-hybridized carbons (Fsp3) is 0.500. The molecule has 0 amide bonds. The number of aromatic amines is 1. The van der Waals surface area contributed by atoms with Gasteiger partial charge < -0.3 is 40.1 Å². The standard InChI is InChI=1S/C14H19ClN5O12P3S/c1-3-14(15)7(4-21)9(6(2)30-34(25,26)32-35(27,28)31-33(22,23)24)29-12(14)20-5-17-8-10(20)18-13(16)19-11(8)36/h1,5-7,9,12,21H,4H2,2H3,(H,25,26)(H,27,28)(H2,22,23,24)(H3,16,18,19,36)/t6-,7?,9-,12-,14?/m1/s1. The molecule has 0 spiro atoms. The summed E-state index contributed by atoms with van der Waals surface area (Å²) in [5.41, 5.74) is 6.13. The number of anilines is 1. The molecule has 2 aromatic rings. The van der Waals surface area contributed by atoms with Crippen LogP contribution >= 0.6 is 47.3 Å². The Labute approximate surface area is 212 Å². The number of phosphoric ester groups is 1. The summed E-state index contributed by atoms with van der Waals surface area (Å²) in [5, 5.41) is 10.0. The first-order chi connectivity index (χ1) is 16.4. The summed E-state index contributed by atoms with van der Waals surface area (Å²) in [6, 6.07) is 0. The molecule has 36 heavy (non-hydrogen) atoms. The number of hydrogen-bond acceptors (Lipinski definition) is 12. The van der Waals surface area contributed by atoms with Gasteiger partial charge in [-0.25, -0.2) is 23.7 Å². The molecule has 3 rings (SSSR count). The zero-order chi connectivity index (χ0) is 27.3. The van der Waals surface area contributed by atoms with Crippen molar-refractivity contribution in [2.75, 3.05) is 12.3 Å². The van der Waals surface area contributed by atoms with E-state index in [0.717, 1.165) is 6.92 Å². The van der Waals surface area contributed by atoms with Gasteiger partial charge in [-0.1, -0.05) is 29.7 Å². The number of imidazole rings is 1. The highest BCUT2D eigenvalue weighted by molar-refractivity contribution is 7.71. The third-order valence-electron chi connectivity index (χ3n) is 4.90. The molecule has 0 bridgehead atoms. The number of terminal acetylenes is 1. The summed E-state index contributed by atoms with van der Waals surface area (Å²) in [5.74, 6) is 1.09. The first-order valence-electron chi connectivity index (χ1n) is 9.40. The molecule has 2 aromatic heterocycles. The molecule has 22 heteroatoms. The normalized spacial score (nSPS) is 28.9. The number of phosphoric acid groups is 3. The van der Waals surface area contributed by atoms with Gasteiger partial charge >= 0.3 is 23.5 Å². The number of nitrogens with zero attached hydrogens (tertiary/aromatic N) is 3. The van der Waals surface area contributed by atoms with Crippen LogP contribution < -0.4 is 5.73 Å². The molecule has 0 saturated carbocycles. The van der Waals surface area contributed by atoms with Gasteiger partial charge in [-0.2, -0.15) is 8.62 Å². The maximum atomic E-state index is 12.3. The highest BCUT2D eigenvalue weighted by Gasteiger charge is 2.58. The third-order valence-corrected chi connectivity index (χ3v) is 9.68. The molecule has 4 unspecified atom stereocenters. The predicted molar refractivity (Wildman–Crippen MR) is 123 cm³/mol. The Hall–Kier alpha value is -1.25. The summed E-state index contributed by atoms with van der Waals surface area (Å²) >= 11 is 11.8. The zero-order valence-corrected chi connectivity index (χ0v) is 22.1. The Balaban J connectivity index is 1.93. The molecule has 200 valence electrons. The Kier molecular flexibility index (Phi) is 8.25. The number of hydrogen-bond donors (Lipinski definition) is 7. The average Bonchev–Trinajstić information content (AvgIpc) is 3.23. The van der Waals surface area contributed by atoms with E-state index in [9.17, 15) is 28.6 Å². The molecule has 8 N–H and O–H groups in total. The number of ether oxygens (including phenoxy) is 1. The lowest BCUT2D eigenvalue weighted by atomic mass is 9.87. The first kappa shape index (κ1) is 29.3. The summed E-state index contributed by atoms with van der Waals surface area (Å²) in [6.07, 6.45) is 2.74. The van der Waals surface area contributed by atoms with Crippen molar-refractivity contribution in [2.45, 2.75) is 30.2 Å². The number of alkyl halides is 1. The molecule has 3 heterocycles. The molecular weight excluding hydrogens is 591 g/mol. The van der Waals surface area contributed by atoms with Gasteiger partial charge in [0.2, 0.25) is 0 Å². The van der Waals surface area contributed by atoms with Gasteiger partial charge in [0.05, 0.1) is 25.1 Å². The van der Waals surface area contributed by atoms with Crippen molar-refractivity contribution < 1.29 is 56.3 Å². The van der Waals surface area contributed by atoms with Crippen LogP contribution in [0.1, 0.15) is 13.2 Å². The van der Waals surface area contributed by atoms with Crippen LogP contribution in [-0.2, 0) is 31.6 Å². The fourth-order valence-electron chi connectivity index (χ4n) is 3.59. The number of nitrogens with two attached hydrogens (primary N) is 1. The van der Waals surface area contributed by atoms with Crippen LogP contribution in [0.15, 0.2) is 6.33 Å². The van der Waals surface area contributed by atoms with Gasteiger partial charge in [0, 0.05) is 5.92 Å². The maximum Gasteiger partial charge on any atom is 0.490 e. The second-order valence-corrected chi connectivity index (χ2v) is 12.7. The minimum absolute atomic E-state index is 0.0511. The van der Waals surface area contributed by atoms with Crippen molar-refractivity contribution in [3.63, 3.8) is 0 Å². The van der Waals surface area contributed by atoms with Crippen molar-refractivity contribution in [2.24, 2.45) is 5.92 Å². The molecule has 7 atom stereocenters. The second-order valence-electron chi connectivity index (χ2n) is 7.33. The van der Waals surface area contributed by atoms with Crippen molar-refractivity contribution in [1.82, 2.24) is 19.5 Å². The molecule has 0 aliphatic carbocycles. The molecule has 1 saturated heterocycles. The minimum Gasteiger partial charge on any atom is -0.396 e. The van der Waals surface area contributed by atoms with E-state index in [2.05, 4.69) is 29.5 Å². The Morgan fingerprint density at radius 1 is 1.36 bits per heavy atom. The van der Waals surface area contributed by atoms with E-state index in [1.165, 1.54) is 10.9 Å². The zero-order valence-electron chi connectivity index (χ0n) is 17.8. The molecule has 1 aliphatic rings. The largest absolute Gasteiger partial charge is 0.490 e. The number of nitrogens with one attached hydrogen (secondary N) is 1. The highest BCUT2D eigenvalue weighted by Crippen LogP contribution is 2.67. The van der Waals surface area contributed by atoms with Gasteiger partial charge in [-0.3, -0.25) is 9.09 Å². The number of rotatable bonds is 9. The van der Waals surface area contributed by atoms with Crippen molar-refractivity contribution in [3.05, 3.63) is 11.0 Å². The van der Waals surface area contributed by atoms with E-state index in [-0.39, 0.29) is 21.8 Å². The molecule has 1 aliphatic heterocycles. The summed E-state index contributed by atoms with van der Waals surface area (Å²) in [4.78, 5) is 45.4. The van der Waals surface area contributed by atoms with Crippen molar-refractivity contribution >= 4 is 64.4 Å². The molecule has 1 fully saturated rings. The number of aliphatic hydroxyl groups excluding tert-OH is 1. The highest BCUT2D eigenvalue weighted by atomic mass is 35.5. The van der Waals surface area contributed by atoms with Crippen LogP contribution in [0, 0.1) is 22.9 Å². The number of aromatic nitrogens is 4. The van der Waals surface area contributed by atoms with Gasteiger partial charge in [-0.15, -0.1) is 6.42 Å². The second kappa shape index (κ2) is 10.1. The number of halogens is 1. The topological polar surface area (TPSA) is 262 Å². The number of fused-ring (bicyclic) bond motifs is 1. The van der Waals surface area contributed by atoms with Gasteiger partial charge in [0.1, 0.15) is 11.2 Å². The van der Waals surface area contributed by atoms with Crippen LogP contribution in [-0.4, -0.2) is 67.9 Å². The smallest absolute Gasteiger partial charge is 0.396 e. The van der Waals surface area contributed by atoms with E-state index in [0.29, 0.717) is 0 Å². The minimum atomic E-state index is -5.76. The first-order valence-corrected chi connectivity index (χ1v) is 14.7. The van der Waals surface area contributed by atoms with Gasteiger partial charge in [0.25, 0.3) is 0 Å². The number of nitrogen functional groups attached to an aromatic ring is 1. The van der Waals surface area contributed by atoms with Crippen molar-refractivity contribution in [1.29, 1.82) is 0 Å². The average molecular weight is 610 g/mol. The van der Waals surface area contributed by atoms with Crippen LogP contribution in [0.3, 0.4) is 0 Å². The van der Waals surface area contributed by atoms with E-state index in [1.54, 1.807) is 0 Å². The summed E-state index contributed by atoms with van der Waals surface area (Å²) < 4.78 is 54.2. The van der Waals surface area contributed by atoms with E-state index < -0.39 is 59.3 Å². The number of H-pyrrole nitrogens is 1. The summed E-state index contributed by atoms with van der Waals surface area (Å²) in [6.45, 7) is 0.439. The van der Waals surface area contributed by atoms with E-state index in [4.69, 9.17) is 55.0 Å². The molecular formula is C14H19ClN5O12P3S. The lowest BCUT2D eigenvalue weighted by Gasteiger charge is -2.28. The Morgan fingerprint density at radius 2 is 2.00 bits per heavy atom. The van der Waals surface area contributed by atoms with Crippen LogP contribution in [0.4, 0.5) is 5.95 Å². The third kappa shape index (κ3) is 6.07. The monoisotopic (exact) mass is 609 g/mol. The molecule has 0 aromatic carbocycles. The van der Waals surface area contributed by atoms with Crippen LogP contribution in [0.5, 0.6) is 0 Å². The molecule has 0 radical (unpaired) electrons. The SMILES string of the molecule is C#CC1(Cl)C(CO)[C@@H]([C@@H](C)OP(=O)(O)OP(=O)(O)OP(=O)(O)O)O[C@H]1n1cnc2c(=S)nc(N)[nH]c21. The lowest BCUT2D eigenvalue weighted by molar-refractivity contribution is -0.0641. The van der Waals surface area contributed by atoms with Gasteiger partial charge in [0.15, 0.2) is 21.7 Å². The number of aliphatic hydroxyl groups is 1. The van der Waals surface area contributed by atoms with Crippen LogP contribution in [0.25, 0.3) is 11.2 Å². The van der Waals surface area contributed by atoms with Gasteiger partial charge in [-0.05, 0) is 6.92 Å². The predicted octanol–water partition coefficient (Wildman–Crippen LogP) is 0.920. The molecule has 17 nitrogen and oxygen atoms in total. The fourth-order valence-corrected chi connectivity index (χ4v) is 7.38.